The highest BCUT2D eigenvalue weighted by Gasteiger charge is 2.15. The number of aliphatic hydroxyl groups is 1. The number of hydrogen-bond acceptors (Lipinski definition) is 6. The second kappa shape index (κ2) is 7.09. The number of nitrogens with one attached hydrogen (secondary N) is 1. The smallest absolute Gasteiger partial charge is 0.231 e. The lowest BCUT2D eigenvalue weighted by Gasteiger charge is -2.11. The number of hydrogen-bond donors (Lipinski definition) is 2. The van der Waals surface area contributed by atoms with E-state index >= 15 is 0 Å². The zero-order valence-electron chi connectivity index (χ0n) is 12.5. The number of ether oxygens (including phenoxy) is 2. The molecule has 1 unspecified atom stereocenters. The van der Waals surface area contributed by atoms with Crippen molar-refractivity contribution in [2.45, 2.75) is 32.4 Å². The molecule has 0 spiro atoms. The Labute approximate surface area is 133 Å². The highest BCUT2D eigenvalue weighted by molar-refractivity contribution is 7.13. The van der Waals surface area contributed by atoms with Crippen molar-refractivity contribution in [3.8, 4) is 22.1 Å². The van der Waals surface area contributed by atoms with Gasteiger partial charge in [-0.05, 0) is 38.0 Å². The van der Waals surface area contributed by atoms with E-state index in [2.05, 4.69) is 22.6 Å². The second-order valence-corrected chi connectivity index (χ2v) is 6.22. The lowest BCUT2D eigenvalue weighted by Crippen LogP contribution is -2.25. The van der Waals surface area contributed by atoms with E-state index < -0.39 is 0 Å². The molecule has 1 aromatic heterocycles. The Kier molecular flexibility index (Phi) is 4.92. The summed E-state index contributed by atoms with van der Waals surface area (Å²) in [6, 6.07) is 6.28. The van der Waals surface area contributed by atoms with Crippen LogP contribution in [-0.4, -0.2) is 29.5 Å². The van der Waals surface area contributed by atoms with Crippen molar-refractivity contribution >= 4 is 11.3 Å². The van der Waals surface area contributed by atoms with Gasteiger partial charge in [-0.2, -0.15) is 0 Å². The summed E-state index contributed by atoms with van der Waals surface area (Å²) in [5.41, 5.74) is 2.09. The number of benzene rings is 1. The molecule has 118 valence electrons. The summed E-state index contributed by atoms with van der Waals surface area (Å²) < 4.78 is 10.7. The Bertz CT molecular complexity index is 630. The van der Waals surface area contributed by atoms with Crippen LogP contribution in [0.5, 0.6) is 11.5 Å². The molecule has 1 aliphatic heterocycles. The molecule has 0 amide bonds. The van der Waals surface area contributed by atoms with Crippen molar-refractivity contribution in [3.63, 3.8) is 0 Å². The molecule has 0 saturated heterocycles. The first-order valence-corrected chi connectivity index (χ1v) is 8.33. The van der Waals surface area contributed by atoms with E-state index in [0.29, 0.717) is 6.04 Å². The van der Waals surface area contributed by atoms with Gasteiger partial charge in [-0.3, -0.25) is 0 Å². The first-order chi connectivity index (χ1) is 10.8. The van der Waals surface area contributed by atoms with Crippen molar-refractivity contribution in [1.29, 1.82) is 0 Å². The third kappa shape index (κ3) is 3.58. The average Bonchev–Trinajstić information content (AvgIpc) is 3.18. The molecular weight excluding hydrogens is 300 g/mol. The zero-order valence-corrected chi connectivity index (χ0v) is 13.4. The summed E-state index contributed by atoms with van der Waals surface area (Å²) >= 11 is 1.63. The van der Waals surface area contributed by atoms with Crippen molar-refractivity contribution in [2.75, 3.05) is 13.4 Å². The Hall–Kier alpha value is -1.63. The molecule has 6 heteroatoms. The average molecular weight is 320 g/mol. The molecule has 1 aliphatic rings. The topological polar surface area (TPSA) is 63.6 Å². The van der Waals surface area contributed by atoms with E-state index in [0.717, 1.165) is 47.2 Å². The minimum atomic E-state index is 0.247. The van der Waals surface area contributed by atoms with E-state index in [9.17, 15) is 0 Å². The molecule has 5 nitrogen and oxygen atoms in total. The number of thiazole rings is 1. The summed E-state index contributed by atoms with van der Waals surface area (Å²) in [4.78, 5) is 4.67. The van der Waals surface area contributed by atoms with Crippen molar-refractivity contribution in [2.24, 2.45) is 0 Å². The van der Waals surface area contributed by atoms with E-state index in [1.54, 1.807) is 11.3 Å². The largest absolute Gasteiger partial charge is 0.454 e. The number of fused-ring (bicyclic) bond motifs is 1. The highest BCUT2D eigenvalue weighted by atomic mass is 32.1. The van der Waals surface area contributed by atoms with Gasteiger partial charge in [0, 0.05) is 30.1 Å². The third-order valence-corrected chi connectivity index (χ3v) is 4.54. The maximum absolute atomic E-state index is 8.84. The normalized spacial score (nSPS) is 14.3. The lowest BCUT2D eigenvalue weighted by molar-refractivity contribution is 0.174. The Morgan fingerprint density at radius 1 is 1.36 bits per heavy atom. The fraction of sp³-hybridized carbons (Fsp3) is 0.438. The first kappa shape index (κ1) is 15.3. The molecule has 0 fully saturated rings. The van der Waals surface area contributed by atoms with Crippen LogP contribution < -0.4 is 14.8 Å². The van der Waals surface area contributed by atoms with Crippen molar-refractivity contribution in [3.05, 3.63) is 29.3 Å². The second-order valence-electron chi connectivity index (χ2n) is 5.36. The molecule has 2 heterocycles. The molecule has 2 aromatic rings. The van der Waals surface area contributed by atoms with Gasteiger partial charge in [0.2, 0.25) is 6.79 Å². The number of aliphatic hydroxyl groups excluding tert-OH is 1. The maximum Gasteiger partial charge on any atom is 0.231 e. The number of nitrogens with zero attached hydrogens (tertiary/aromatic N) is 1. The van der Waals surface area contributed by atoms with Gasteiger partial charge in [-0.25, -0.2) is 4.98 Å². The minimum absolute atomic E-state index is 0.247. The minimum Gasteiger partial charge on any atom is -0.454 e. The summed E-state index contributed by atoms with van der Waals surface area (Å²) in [6.07, 6.45) is 1.79. The lowest BCUT2D eigenvalue weighted by atomic mass is 10.2. The van der Waals surface area contributed by atoms with Crippen LogP contribution in [0.25, 0.3) is 10.6 Å². The van der Waals surface area contributed by atoms with E-state index in [1.165, 1.54) is 0 Å². The molecule has 0 saturated carbocycles. The fourth-order valence-corrected chi connectivity index (χ4v) is 3.15. The number of rotatable bonds is 7. The molecule has 0 bridgehead atoms. The molecule has 22 heavy (non-hydrogen) atoms. The zero-order chi connectivity index (χ0) is 15.4. The van der Waals surface area contributed by atoms with Gasteiger partial charge < -0.3 is 19.9 Å². The Morgan fingerprint density at radius 2 is 2.23 bits per heavy atom. The van der Waals surface area contributed by atoms with Crippen LogP contribution in [0.1, 0.15) is 25.5 Å². The Balaban J connectivity index is 1.61. The standard InChI is InChI=1S/C16H20N2O3S/c1-11(3-2-6-19)17-8-13-9-22-16(18-13)12-4-5-14-15(7-12)21-10-20-14/h4-5,7,9,11,17,19H,2-3,6,8,10H2,1H3. The van der Waals surface area contributed by atoms with Gasteiger partial charge in [0.1, 0.15) is 5.01 Å². The summed E-state index contributed by atoms with van der Waals surface area (Å²) in [5.74, 6) is 1.57. The van der Waals surface area contributed by atoms with Gasteiger partial charge in [0.05, 0.1) is 5.69 Å². The maximum atomic E-state index is 8.84. The molecule has 0 aliphatic carbocycles. The molecular formula is C16H20N2O3S. The van der Waals surface area contributed by atoms with Crippen LogP contribution in [0, 0.1) is 0 Å². The predicted molar refractivity (Wildman–Crippen MR) is 86.3 cm³/mol. The first-order valence-electron chi connectivity index (χ1n) is 7.45. The van der Waals surface area contributed by atoms with E-state index in [-0.39, 0.29) is 13.4 Å². The highest BCUT2D eigenvalue weighted by Crippen LogP contribution is 2.36. The number of aromatic nitrogens is 1. The SMILES string of the molecule is CC(CCCO)NCc1csc(-c2ccc3c(c2)OCO3)n1. The molecule has 1 atom stereocenters. The van der Waals surface area contributed by atoms with Crippen LogP contribution in [-0.2, 0) is 6.54 Å². The molecule has 1 aromatic carbocycles. The summed E-state index contributed by atoms with van der Waals surface area (Å²) in [6.45, 7) is 3.41. The predicted octanol–water partition coefficient (Wildman–Crippen LogP) is 2.79. The van der Waals surface area contributed by atoms with Crippen LogP contribution in [0.2, 0.25) is 0 Å². The van der Waals surface area contributed by atoms with Gasteiger partial charge >= 0.3 is 0 Å². The van der Waals surface area contributed by atoms with Crippen LogP contribution in [0.3, 0.4) is 0 Å². The van der Waals surface area contributed by atoms with Gasteiger partial charge in [0.15, 0.2) is 11.5 Å². The molecule has 3 rings (SSSR count). The van der Waals surface area contributed by atoms with E-state index in [4.69, 9.17) is 14.6 Å². The fourth-order valence-electron chi connectivity index (χ4n) is 2.33. The van der Waals surface area contributed by atoms with Crippen molar-refractivity contribution < 1.29 is 14.6 Å². The van der Waals surface area contributed by atoms with Gasteiger partial charge in [-0.1, -0.05) is 0 Å². The van der Waals surface area contributed by atoms with Crippen LogP contribution in [0.4, 0.5) is 0 Å². The summed E-state index contributed by atoms with van der Waals surface area (Å²) in [5, 5.41) is 15.3. The Morgan fingerprint density at radius 3 is 3.09 bits per heavy atom. The van der Waals surface area contributed by atoms with Crippen molar-refractivity contribution in [1.82, 2.24) is 10.3 Å². The quantitative estimate of drug-likeness (QED) is 0.821. The third-order valence-electron chi connectivity index (χ3n) is 3.60. The molecule has 2 N–H and O–H groups in total. The monoisotopic (exact) mass is 320 g/mol. The van der Waals surface area contributed by atoms with Gasteiger partial charge in [-0.15, -0.1) is 11.3 Å². The van der Waals surface area contributed by atoms with E-state index in [1.807, 2.05) is 18.2 Å². The molecule has 0 radical (unpaired) electrons. The van der Waals surface area contributed by atoms with Crippen LogP contribution >= 0.6 is 11.3 Å². The summed E-state index contributed by atoms with van der Waals surface area (Å²) in [7, 11) is 0. The van der Waals surface area contributed by atoms with Crippen LogP contribution in [0.15, 0.2) is 23.6 Å². The van der Waals surface area contributed by atoms with Gasteiger partial charge in [0.25, 0.3) is 0 Å².